The van der Waals surface area contributed by atoms with Gasteiger partial charge in [-0.3, -0.25) is 14.4 Å². The van der Waals surface area contributed by atoms with Crippen LogP contribution in [-0.4, -0.2) is 56.0 Å². The summed E-state index contributed by atoms with van der Waals surface area (Å²) < 4.78 is 15.6. The number of aryl methyl sites for hydroxylation is 2. The molecule has 0 atom stereocenters. The number of anilines is 1. The van der Waals surface area contributed by atoms with Crippen LogP contribution < -0.4 is 10.6 Å². The third-order valence-electron chi connectivity index (χ3n) is 5.78. The largest absolute Gasteiger partial charge is 0.465 e. The van der Waals surface area contributed by atoms with E-state index in [-0.39, 0.29) is 30.1 Å². The van der Waals surface area contributed by atoms with Crippen molar-refractivity contribution < 1.29 is 33.1 Å². The fourth-order valence-corrected chi connectivity index (χ4v) is 3.64. The minimum Gasteiger partial charge on any atom is -0.465 e. The van der Waals surface area contributed by atoms with Crippen LogP contribution in [0.15, 0.2) is 51.6 Å². The van der Waals surface area contributed by atoms with Crippen LogP contribution in [0.3, 0.4) is 0 Å². The average molecular weight is 496 g/mol. The zero-order chi connectivity index (χ0) is 26.4. The Morgan fingerprint density at radius 2 is 1.78 bits per heavy atom. The molecule has 3 rings (SSSR count). The molecule has 0 aliphatic carbocycles. The van der Waals surface area contributed by atoms with E-state index in [0.29, 0.717) is 29.5 Å². The van der Waals surface area contributed by atoms with Gasteiger partial charge in [-0.2, -0.15) is 0 Å². The van der Waals surface area contributed by atoms with Gasteiger partial charge in [-0.15, -0.1) is 0 Å². The van der Waals surface area contributed by atoms with Crippen LogP contribution in [-0.2, 0) is 35.2 Å². The lowest BCUT2D eigenvalue weighted by Crippen LogP contribution is -2.34. The van der Waals surface area contributed by atoms with Crippen molar-refractivity contribution in [2.24, 2.45) is 0 Å². The van der Waals surface area contributed by atoms with Gasteiger partial charge in [0.25, 0.3) is 5.91 Å². The summed E-state index contributed by atoms with van der Waals surface area (Å²) in [7, 11) is 2.76. The van der Waals surface area contributed by atoms with E-state index in [9.17, 15) is 19.2 Å². The lowest BCUT2D eigenvalue weighted by Gasteiger charge is -2.16. The van der Waals surface area contributed by atoms with Crippen molar-refractivity contribution in [3.63, 3.8) is 0 Å². The van der Waals surface area contributed by atoms with Gasteiger partial charge in [-0.1, -0.05) is 6.07 Å². The summed E-state index contributed by atoms with van der Waals surface area (Å²) in [5.74, 6) is -1.99. The maximum absolute atomic E-state index is 13.0. The molecule has 10 heteroatoms. The Morgan fingerprint density at radius 3 is 2.44 bits per heavy atom. The Hall–Kier alpha value is -4.18. The second-order valence-electron chi connectivity index (χ2n) is 8.20. The molecule has 2 N–H and O–H groups in total. The van der Waals surface area contributed by atoms with E-state index >= 15 is 0 Å². The monoisotopic (exact) mass is 495 g/mol. The zero-order valence-corrected chi connectivity index (χ0v) is 20.9. The molecule has 190 valence electrons. The summed E-state index contributed by atoms with van der Waals surface area (Å²) in [5, 5.41) is 5.05. The first kappa shape index (κ1) is 26.4. The van der Waals surface area contributed by atoms with Crippen molar-refractivity contribution in [3.05, 3.63) is 69.8 Å². The number of nitrogens with one attached hydrogen (secondary N) is 2. The molecule has 1 aromatic carbocycles. The van der Waals surface area contributed by atoms with Crippen LogP contribution in [0.5, 0.6) is 0 Å². The molecular formula is C26H29N3O7. The maximum Gasteiger partial charge on any atom is 0.340 e. The molecule has 0 spiro atoms. The number of hydrogen-bond donors (Lipinski definition) is 2. The number of rotatable bonds is 8. The quantitative estimate of drug-likeness (QED) is 0.327. The third-order valence-corrected chi connectivity index (χ3v) is 5.78. The summed E-state index contributed by atoms with van der Waals surface area (Å²) in [4.78, 5) is 51.2. The number of carbonyl (C=O) groups excluding carboxylic acids is 4. The molecule has 1 aliphatic rings. The molecule has 0 saturated carbocycles. The first-order chi connectivity index (χ1) is 17.2. The van der Waals surface area contributed by atoms with Gasteiger partial charge >= 0.3 is 17.8 Å². The normalized spacial score (nSPS) is 14.4. The minimum absolute atomic E-state index is 0.0466. The van der Waals surface area contributed by atoms with Crippen molar-refractivity contribution in [2.75, 3.05) is 32.7 Å². The van der Waals surface area contributed by atoms with E-state index in [2.05, 4.69) is 10.6 Å². The highest BCUT2D eigenvalue weighted by molar-refractivity contribution is 6.39. The number of furan rings is 1. The highest BCUT2D eigenvalue weighted by Crippen LogP contribution is 2.31. The number of nitrogens with zero attached hydrogens (tertiary/aromatic N) is 1. The van der Waals surface area contributed by atoms with Crippen molar-refractivity contribution in [1.29, 1.82) is 0 Å². The highest BCUT2D eigenvalue weighted by Gasteiger charge is 2.37. The Balaban J connectivity index is 1.68. The lowest BCUT2D eigenvalue weighted by atomic mass is 10.1. The van der Waals surface area contributed by atoms with Gasteiger partial charge in [0.2, 0.25) is 0 Å². The van der Waals surface area contributed by atoms with Gasteiger partial charge in [0.1, 0.15) is 11.5 Å². The molecule has 0 bridgehead atoms. The van der Waals surface area contributed by atoms with Crippen LogP contribution >= 0.6 is 0 Å². The number of ether oxygens (including phenoxy) is 2. The SMILES string of the molecule is COCCN1C(=O)/C(=C/c2ccc(CNC(=O)C(=O)Nc3ccc(C)c(C)c3)o2)C(C(=O)OC)=C1C. The zero-order valence-electron chi connectivity index (χ0n) is 20.9. The Labute approximate surface area is 208 Å². The molecule has 0 saturated heterocycles. The summed E-state index contributed by atoms with van der Waals surface area (Å²) in [6.07, 6.45) is 1.45. The van der Waals surface area contributed by atoms with Crippen molar-refractivity contribution >= 4 is 35.5 Å². The Kier molecular flexibility index (Phi) is 8.44. The van der Waals surface area contributed by atoms with E-state index in [1.54, 1.807) is 31.2 Å². The standard InChI is InChI=1S/C26H29N3O7/c1-15-6-7-18(12-16(15)2)28-24(31)23(30)27-14-20-9-8-19(36-20)13-21-22(26(33)35-5)17(3)29(25(21)32)10-11-34-4/h6-9,12-13H,10-11,14H2,1-5H3,(H,27,30)(H,28,31)/b21-13+. The molecule has 1 aliphatic heterocycles. The van der Waals surface area contributed by atoms with Gasteiger partial charge in [-0.25, -0.2) is 4.79 Å². The van der Waals surface area contributed by atoms with Crippen LogP contribution in [0.2, 0.25) is 0 Å². The van der Waals surface area contributed by atoms with Crippen LogP contribution in [0, 0.1) is 13.8 Å². The van der Waals surface area contributed by atoms with Crippen molar-refractivity contribution in [3.8, 4) is 0 Å². The number of carbonyl (C=O) groups is 4. The van der Waals surface area contributed by atoms with Gasteiger partial charge < -0.3 is 29.4 Å². The van der Waals surface area contributed by atoms with Crippen molar-refractivity contribution in [2.45, 2.75) is 27.3 Å². The van der Waals surface area contributed by atoms with E-state index in [0.717, 1.165) is 11.1 Å². The highest BCUT2D eigenvalue weighted by atomic mass is 16.5. The maximum atomic E-state index is 13.0. The second kappa shape index (κ2) is 11.5. The smallest absolute Gasteiger partial charge is 0.340 e. The molecule has 2 heterocycles. The number of methoxy groups -OCH3 is 2. The van der Waals surface area contributed by atoms with Crippen molar-refractivity contribution in [1.82, 2.24) is 10.2 Å². The number of hydrogen-bond acceptors (Lipinski definition) is 7. The first-order valence-electron chi connectivity index (χ1n) is 11.2. The lowest BCUT2D eigenvalue weighted by molar-refractivity contribution is -0.136. The molecule has 0 unspecified atom stereocenters. The fourth-order valence-electron chi connectivity index (χ4n) is 3.64. The third kappa shape index (κ3) is 5.89. The van der Waals surface area contributed by atoms with E-state index < -0.39 is 17.8 Å². The molecule has 0 radical (unpaired) electrons. The van der Waals surface area contributed by atoms with E-state index in [1.165, 1.54) is 25.2 Å². The average Bonchev–Trinajstić information content (AvgIpc) is 3.40. The van der Waals surface area contributed by atoms with E-state index in [4.69, 9.17) is 13.9 Å². The van der Waals surface area contributed by atoms with Gasteiger partial charge in [-0.05, 0) is 62.2 Å². The molecule has 1 aromatic heterocycles. The van der Waals surface area contributed by atoms with Crippen LogP contribution in [0.1, 0.15) is 29.6 Å². The predicted molar refractivity (Wildman–Crippen MR) is 131 cm³/mol. The van der Waals surface area contributed by atoms with Gasteiger partial charge in [0, 0.05) is 25.0 Å². The Bertz CT molecular complexity index is 1260. The number of benzene rings is 1. The molecule has 36 heavy (non-hydrogen) atoms. The minimum atomic E-state index is -0.823. The molecule has 3 amide bonds. The molecule has 2 aromatic rings. The first-order valence-corrected chi connectivity index (χ1v) is 11.2. The summed E-state index contributed by atoms with van der Waals surface area (Å²) in [6.45, 7) is 6.05. The summed E-state index contributed by atoms with van der Waals surface area (Å²) in [5.41, 5.74) is 3.33. The van der Waals surface area contributed by atoms with Crippen LogP contribution in [0.25, 0.3) is 6.08 Å². The topological polar surface area (TPSA) is 127 Å². The molecule has 10 nitrogen and oxygen atoms in total. The van der Waals surface area contributed by atoms with Gasteiger partial charge in [0.15, 0.2) is 0 Å². The summed E-state index contributed by atoms with van der Waals surface area (Å²) >= 11 is 0. The molecule has 0 fully saturated rings. The second-order valence-corrected chi connectivity index (χ2v) is 8.20. The van der Waals surface area contributed by atoms with Crippen LogP contribution in [0.4, 0.5) is 5.69 Å². The summed E-state index contributed by atoms with van der Waals surface area (Å²) in [6, 6.07) is 8.56. The predicted octanol–water partition coefficient (Wildman–Crippen LogP) is 2.47. The fraction of sp³-hybridized carbons (Fsp3) is 0.308. The van der Waals surface area contributed by atoms with E-state index in [1.807, 2.05) is 19.9 Å². The van der Waals surface area contributed by atoms with Gasteiger partial charge in [0.05, 0.1) is 31.4 Å². The Morgan fingerprint density at radius 1 is 1.03 bits per heavy atom. The number of esters is 1. The number of amides is 3. The molecular weight excluding hydrogens is 466 g/mol. The number of allylic oxidation sites excluding steroid dienone is 1.